The van der Waals surface area contributed by atoms with Crippen molar-refractivity contribution in [1.82, 2.24) is 50.4 Å². The predicted octanol–water partition coefficient (Wildman–Crippen LogP) is 9.33. The molecule has 2 atom stereocenters. The molecule has 5 N–H and O–H groups in total. The molecule has 25 heteroatoms. The molecule has 0 saturated carbocycles. The molecule has 0 unspecified atom stereocenters. The van der Waals surface area contributed by atoms with Crippen molar-refractivity contribution in [3.63, 3.8) is 0 Å². The van der Waals surface area contributed by atoms with Gasteiger partial charge in [0.2, 0.25) is 0 Å². The second kappa shape index (κ2) is 36.2. The molecular formula is C58H76Cl2F2N12O7S2. The van der Waals surface area contributed by atoms with Gasteiger partial charge in [-0.2, -0.15) is 27.0 Å². The molecule has 2 fully saturated rings. The zero-order chi connectivity index (χ0) is 58.1. The van der Waals surface area contributed by atoms with Crippen LogP contribution in [0, 0.1) is 11.6 Å². The number of nitrogens with one attached hydrogen (secondary N) is 5. The van der Waals surface area contributed by atoms with Gasteiger partial charge < -0.3 is 54.7 Å². The lowest BCUT2D eigenvalue weighted by Crippen LogP contribution is -2.47. The van der Waals surface area contributed by atoms with Crippen LogP contribution in [0.15, 0.2) is 109 Å². The Bertz CT molecular complexity index is 3020. The molecule has 0 radical (unpaired) electrons. The number of hydrogen-bond donors (Lipinski definition) is 5. The van der Waals surface area contributed by atoms with Gasteiger partial charge in [0, 0.05) is 109 Å². The number of ether oxygens (including phenoxy) is 2. The van der Waals surface area contributed by atoms with Gasteiger partial charge in [-0.25, -0.2) is 37.9 Å². The molecule has 2 aromatic heterocycles. The summed E-state index contributed by atoms with van der Waals surface area (Å²) in [5, 5.41) is 17.6. The van der Waals surface area contributed by atoms with Gasteiger partial charge in [0.1, 0.15) is 42.8 Å². The normalized spacial score (nSPS) is 14.1. The van der Waals surface area contributed by atoms with Crippen LogP contribution < -0.4 is 26.6 Å². The molecule has 2 aliphatic rings. The molecule has 6 aromatic rings. The van der Waals surface area contributed by atoms with Gasteiger partial charge in [0.05, 0.1) is 22.1 Å². The number of benzene rings is 4. The van der Waals surface area contributed by atoms with Crippen molar-refractivity contribution in [2.75, 3.05) is 111 Å². The summed E-state index contributed by atoms with van der Waals surface area (Å²) >= 11 is 12.0. The van der Waals surface area contributed by atoms with Crippen LogP contribution in [0.1, 0.15) is 36.8 Å². The minimum Gasteiger partial charge on any atom is -0.447 e. The zero-order valence-corrected chi connectivity index (χ0v) is 50.7. The monoisotopic (exact) mass is 1220 g/mol. The maximum absolute atomic E-state index is 13.8. The van der Waals surface area contributed by atoms with E-state index in [-0.39, 0.29) is 88.3 Å². The van der Waals surface area contributed by atoms with Crippen LogP contribution in [0.25, 0.3) is 21.5 Å². The number of nitrogens with zero attached hydrogens (tertiary/aromatic N) is 7. The number of halogens is 4. The summed E-state index contributed by atoms with van der Waals surface area (Å²) in [6, 6.07) is 25.8. The number of fused-ring (bicyclic) bond motifs is 2. The Morgan fingerprint density at radius 3 is 1.51 bits per heavy atom. The van der Waals surface area contributed by atoms with Crippen molar-refractivity contribution < 1.29 is 42.2 Å². The highest BCUT2D eigenvalue weighted by atomic mass is 35.5. The van der Waals surface area contributed by atoms with Crippen LogP contribution in [0.3, 0.4) is 0 Å². The Hall–Kier alpha value is -6.57. The van der Waals surface area contributed by atoms with Crippen molar-refractivity contribution in [3.05, 3.63) is 142 Å². The molecule has 4 heterocycles. The molecule has 83 heavy (non-hydrogen) atoms. The number of piperazine rings is 2. The fourth-order valence-electron chi connectivity index (χ4n) is 8.66. The zero-order valence-electron chi connectivity index (χ0n) is 47.1. The average Bonchev–Trinajstić information content (AvgIpc) is 3.51. The summed E-state index contributed by atoms with van der Waals surface area (Å²) in [5.41, 5.74) is 0.903. The van der Waals surface area contributed by atoms with Crippen molar-refractivity contribution in [2.24, 2.45) is 0 Å². The third kappa shape index (κ3) is 22.8. The summed E-state index contributed by atoms with van der Waals surface area (Å²) < 4.78 is 38.2. The molecular weight excluding hydrogens is 1150 g/mol. The van der Waals surface area contributed by atoms with E-state index in [1.807, 2.05) is 48.5 Å². The number of carbonyl (C=O) groups is 5. The fraction of sp³-hybridized carbons (Fsp3) is 0.397. The number of urea groups is 2. The Labute approximate surface area is 508 Å². The van der Waals surface area contributed by atoms with E-state index in [1.165, 1.54) is 48.1 Å². The van der Waals surface area contributed by atoms with E-state index < -0.39 is 35.9 Å². The summed E-state index contributed by atoms with van der Waals surface area (Å²) in [6.45, 7) is 9.65. The number of anilines is 2. The van der Waals surface area contributed by atoms with Gasteiger partial charge in [-0.15, -0.1) is 0 Å². The van der Waals surface area contributed by atoms with Crippen LogP contribution in [-0.4, -0.2) is 177 Å². The van der Waals surface area contributed by atoms with E-state index in [0.29, 0.717) is 29.2 Å². The van der Waals surface area contributed by atoms with Crippen LogP contribution in [-0.2, 0) is 27.4 Å². The quantitative estimate of drug-likeness (QED) is 0.0480. The lowest BCUT2D eigenvalue weighted by Gasteiger charge is -2.33. The Morgan fingerprint density at radius 2 is 1.07 bits per heavy atom. The van der Waals surface area contributed by atoms with E-state index in [4.69, 9.17) is 32.7 Å². The Balaban J connectivity index is 0.000000314. The second-order valence-corrected chi connectivity index (χ2v) is 20.4. The summed E-state index contributed by atoms with van der Waals surface area (Å²) in [7, 11) is 7.45. The predicted molar refractivity (Wildman–Crippen MR) is 333 cm³/mol. The van der Waals surface area contributed by atoms with Crippen LogP contribution >= 0.6 is 50.2 Å². The first-order valence-electron chi connectivity index (χ1n) is 26.8. The second-order valence-electron chi connectivity index (χ2n) is 19.6. The highest BCUT2D eigenvalue weighted by molar-refractivity contribution is 7.59. The van der Waals surface area contributed by atoms with Crippen molar-refractivity contribution in [3.8, 4) is 0 Å². The maximum atomic E-state index is 13.8. The van der Waals surface area contributed by atoms with Crippen molar-refractivity contribution in [1.29, 1.82) is 0 Å². The van der Waals surface area contributed by atoms with Gasteiger partial charge in [-0.1, -0.05) is 96.0 Å². The fourth-order valence-corrected chi connectivity index (χ4v) is 9.04. The van der Waals surface area contributed by atoms with Crippen molar-refractivity contribution >= 4 is 114 Å². The molecule has 0 bridgehead atoms. The van der Waals surface area contributed by atoms with Gasteiger partial charge >= 0.3 is 24.2 Å². The van der Waals surface area contributed by atoms with Gasteiger partial charge in [0.25, 0.3) is 0 Å². The summed E-state index contributed by atoms with van der Waals surface area (Å²) in [6.07, 6.45) is 4.61. The van der Waals surface area contributed by atoms with Crippen LogP contribution in [0.5, 0.6) is 0 Å². The number of likely N-dealkylation sites (N-methyl/N-ethyl adjacent to an activating group) is 4. The standard InChI is InChI=1S/C29H36ClFN6O3.C24H24ClFN4O4.C5H12N2.2H2S/c1-35-13-15-37(16-14-35)12-6-10-24(36(2)28(38)33-19-23-9-5-11-25(31)27(23)30)20-40-29(39)34-26-17-21-7-3-4-8-22(21)18-32-26;1-30(23(32)28-14-18-8-4-10-20(26)22(18)25)19(9-5-11-31)15-34-24(33)29-21-12-16-6-2-3-7-17(16)13-27-21;1-7-4-2-6-3-5-7;;/h3-5,7-9,11,17-18,24H,6,10,12-16,19-20H2,1-2H3,(H,33,38)(H,32,34,39);2-4,6-8,10-13,19H,5,9,14-15H2,1H3,(H,28,32)(H,27,29,33);6H,2-5H2,1H3;2*1H2/t24-;19-;;;/m00.../s1. The topological polar surface area (TPSA) is 206 Å². The van der Waals surface area contributed by atoms with Crippen LogP contribution in [0.2, 0.25) is 10.0 Å². The lowest BCUT2D eigenvalue weighted by atomic mass is 10.1. The van der Waals surface area contributed by atoms with Gasteiger partial charge in [-0.05, 0) is 86.1 Å². The number of aldehydes is 1. The molecule has 6 amide bonds. The van der Waals surface area contributed by atoms with E-state index >= 15 is 0 Å². The lowest BCUT2D eigenvalue weighted by molar-refractivity contribution is -0.108. The Kier molecular flexibility index (Phi) is 30.1. The van der Waals surface area contributed by atoms with Crippen LogP contribution in [0.4, 0.5) is 39.6 Å². The minimum atomic E-state index is -0.737. The maximum Gasteiger partial charge on any atom is 0.412 e. The third-order valence-electron chi connectivity index (χ3n) is 13.8. The molecule has 2 saturated heterocycles. The first-order valence-corrected chi connectivity index (χ1v) is 27.5. The molecule has 19 nitrogen and oxygen atoms in total. The SMILES string of the molecule is CN(C(=O)NCc1cccc(F)c1Cl)[C@@H](CCC=O)COC(=O)Nc1cc2ccccc2cn1.CN1CCN(CCC[C@@H](COC(=O)Nc2cc3ccccc3cn2)N(C)C(=O)NCc2cccc(F)c2Cl)CC1.CN1CCNCC1.S.S. The van der Waals surface area contributed by atoms with E-state index in [9.17, 15) is 32.8 Å². The number of pyridine rings is 2. The first-order chi connectivity index (χ1) is 39.1. The van der Waals surface area contributed by atoms with E-state index in [0.717, 1.165) is 80.1 Å². The van der Waals surface area contributed by atoms with E-state index in [2.05, 4.69) is 65.3 Å². The third-order valence-corrected chi connectivity index (χ3v) is 14.6. The average molecular weight is 1230 g/mol. The molecule has 4 aromatic carbocycles. The summed E-state index contributed by atoms with van der Waals surface area (Å²) in [4.78, 5) is 79.7. The molecule has 2 aliphatic heterocycles. The molecule has 0 aliphatic carbocycles. The highest BCUT2D eigenvalue weighted by Crippen LogP contribution is 2.22. The Morgan fingerprint density at radius 1 is 0.639 bits per heavy atom. The number of rotatable bonds is 19. The number of hydrogen-bond acceptors (Lipinski definition) is 13. The first kappa shape index (κ1) is 68.9. The molecule has 8 rings (SSSR count). The smallest absolute Gasteiger partial charge is 0.412 e. The summed E-state index contributed by atoms with van der Waals surface area (Å²) in [5.74, 6) is -0.408. The largest absolute Gasteiger partial charge is 0.447 e. The van der Waals surface area contributed by atoms with Gasteiger partial charge in [-0.3, -0.25) is 10.6 Å². The van der Waals surface area contributed by atoms with Crippen molar-refractivity contribution in [2.45, 2.75) is 50.9 Å². The number of aromatic nitrogens is 2. The number of amides is 6. The highest BCUT2D eigenvalue weighted by Gasteiger charge is 2.25. The minimum absolute atomic E-state index is 0. The molecule has 450 valence electrons. The van der Waals surface area contributed by atoms with Gasteiger partial charge in [0.15, 0.2) is 0 Å². The van der Waals surface area contributed by atoms with E-state index in [1.54, 1.807) is 49.8 Å². The molecule has 0 spiro atoms. The number of carbonyl (C=O) groups excluding carboxylic acids is 5.